The molecule has 5 amide bonds. The highest BCUT2D eigenvalue weighted by atomic mass is 16.2. The largest absolute Gasteiger partial charge is 0.339 e. The standard InChI is InChI=1S/C28H41N3O6/c1-26(2,3)18-16-22(34)30(24(18)36)14-12-29(21(33)11-10-20(32)28(7,8)9)13-15-31-23(35)17-19(25(31)37)27(4,5)6/h16-17H,10-15H2,1-9H3. The molecular formula is C28H41N3O6. The van der Waals surface area contributed by atoms with Crippen molar-refractivity contribution in [3.8, 4) is 0 Å². The smallest absolute Gasteiger partial charge is 0.257 e. The van der Waals surface area contributed by atoms with E-state index < -0.39 is 39.9 Å². The summed E-state index contributed by atoms with van der Waals surface area (Å²) in [6.07, 6.45) is 2.67. The van der Waals surface area contributed by atoms with Gasteiger partial charge in [0.2, 0.25) is 5.91 Å². The van der Waals surface area contributed by atoms with Crippen molar-refractivity contribution in [2.75, 3.05) is 26.2 Å². The molecule has 0 aromatic heterocycles. The van der Waals surface area contributed by atoms with Crippen LogP contribution in [0.4, 0.5) is 0 Å². The van der Waals surface area contributed by atoms with E-state index in [9.17, 15) is 28.8 Å². The lowest BCUT2D eigenvalue weighted by molar-refractivity contribution is -0.141. The van der Waals surface area contributed by atoms with Gasteiger partial charge in [0.1, 0.15) is 5.78 Å². The Hall–Kier alpha value is -3.10. The number of rotatable bonds is 9. The van der Waals surface area contributed by atoms with Gasteiger partial charge in [-0.1, -0.05) is 62.3 Å². The fourth-order valence-electron chi connectivity index (χ4n) is 4.07. The van der Waals surface area contributed by atoms with E-state index in [4.69, 9.17) is 0 Å². The van der Waals surface area contributed by atoms with Crippen LogP contribution in [0, 0.1) is 16.2 Å². The summed E-state index contributed by atoms with van der Waals surface area (Å²) in [6, 6.07) is 0. The van der Waals surface area contributed by atoms with Crippen molar-refractivity contribution < 1.29 is 28.8 Å². The molecule has 2 aliphatic rings. The Morgan fingerprint density at radius 2 is 1.05 bits per heavy atom. The maximum atomic E-state index is 13.1. The summed E-state index contributed by atoms with van der Waals surface area (Å²) in [5, 5.41) is 0. The second-order valence-corrected chi connectivity index (χ2v) is 12.8. The van der Waals surface area contributed by atoms with Crippen LogP contribution in [0.5, 0.6) is 0 Å². The van der Waals surface area contributed by atoms with Crippen LogP contribution in [-0.4, -0.2) is 76.2 Å². The Bertz CT molecular complexity index is 999. The van der Waals surface area contributed by atoms with Crippen LogP contribution in [0.2, 0.25) is 0 Å². The second kappa shape index (κ2) is 10.7. The van der Waals surface area contributed by atoms with Gasteiger partial charge in [0, 0.05) is 67.7 Å². The lowest BCUT2D eigenvalue weighted by Gasteiger charge is -2.28. The first-order chi connectivity index (χ1) is 16.7. The van der Waals surface area contributed by atoms with E-state index in [2.05, 4.69) is 0 Å². The van der Waals surface area contributed by atoms with Crippen LogP contribution >= 0.6 is 0 Å². The zero-order valence-electron chi connectivity index (χ0n) is 23.7. The molecule has 0 atom stereocenters. The van der Waals surface area contributed by atoms with E-state index in [-0.39, 0.29) is 50.7 Å². The van der Waals surface area contributed by atoms with E-state index in [1.54, 1.807) is 20.8 Å². The van der Waals surface area contributed by atoms with Gasteiger partial charge in [0.25, 0.3) is 23.6 Å². The maximum absolute atomic E-state index is 13.1. The Kier molecular flexibility index (Phi) is 8.72. The van der Waals surface area contributed by atoms with Crippen molar-refractivity contribution in [3.05, 3.63) is 23.3 Å². The minimum absolute atomic E-state index is 0.0277. The molecule has 0 bridgehead atoms. The highest BCUT2D eigenvalue weighted by Crippen LogP contribution is 2.32. The van der Waals surface area contributed by atoms with Gasteiger partial charge in [-0.2, -0.15) is 0 Å². The molecule has 0 radical (unpaired) electrons. The topological polar surface area (TPSA) is 112 Å². The van der Waals surface area contributed by atoms with Crippen molar-refractivity contribution in [3.63, 3.8) is 0 Å². The molecular weight excluding hydrogens is 474 g/mol. The van der Waals surface area contributed by atoms with E-state index in [1.165, 1.54) is 17.1 Å². The summed E-state index contributed by atoms with van der Waals surface area (Å²) in [5.41, 5.74) is -0.782. The summed E-state index contributed by atoms with van der Waals surface area (Å²) in [4.78, 5) is 79.8. The number of carbonyl (C=O) groups excluding carboxylic acids is 6. The molecule has 37 heavy (non-hydrogen) atoms. The minimum atomic E-state index is -0.585. The van der Waals surface area contributed by atoms with Crippen molar-refractivity contribution in [1.82, 2.24) is 14.7 Å². The maximum Gasteiger partial charge on any atom is 0.257 e. The SMILES string of the molecule is CC(C)(C)C(=O)CCC(=O)N(CCN1C(=O)C=C(C(C)(C)C)C1=O)CCN1C(=O)C=C(C(C)(C)C)C1=O. The fraction of sp³-hybridized carbons (Fsp3) is 0.643. The van der Waals surface area contributed by atoms with Crippen LogP contribution in [0.15, 0.2) is 23.3 Å². The van der Waals surface area contributed by atoms with Gasteiger partial charge < -0.3 is 4.90 Å². The van der Waals surface area contributed by atoms with Crippen molar-refractivity contribution >= 4 is 35.3 Å². The second-order valence-electron chi connectivity index (χ2n) is 12.8. The number of carbonyl (C=O) groups is 6. The summed E-state index contributed by atoms with van der Waals surface area (Å²) in [5.74, 6) is -2.06. The molecule has 0 N–H and O–H groups in total. The first-order valence-electron chi connectivity index (χ1n) is 12.7. The van der Waals surface area contributed by atoms with Gasteiger partial charge in [-0.05, 0) is 10.8 Å². The molecule has 0 saturated heterocycles. The highest BCUT2D eigenvalue weighted by Gasteiger charge is 2.39. The van der Waals surface area contributed by atoms with Crippen LogP contribution < -0.4 is 0 Å². The van der Waals surface area contributed by atoms with Gasteiger partial charge in [-0.25, -0.2) is 0 Å². The number of nitrogens with zero attached hydrogens (tertiary/aromatic N) is 3. The zero-order chi connectivity index (χ0) is 28.5. The van der Waals surface area contributed by atoms with Gasteiger partial charge in [-0.3, -0.25) is 38.6 Å². The van der Waals surface area contributed by atoms with Crippen LogP contribution in [0.25, 0.3) is 0 Å². The van der Waals surface area contributed by atoms with E-state index in [1.807, 2.05) is 41.5 Å². The number of hydrogen-bond donors (Lipinski definition) is 0. The molecule has 0 saturated carbocycles. The molecule has 0 spiro atoms. The quantitative estimate of drug-likeness (QED) is 0.437. The predicted octanol–water partition coefficient (Wildman–Crippen LogP) is 2.89. The third kappa shape index (κ3) is 7.23. The molecule has 9 heteroatoms. The number of ketones is 1. The molecule has 0 aromatic rings. The molecule has 2 aliphatic heterocycles. The van der Waals surface area contributed by atoms with Gasteiger partial charge in [-0.15, -0.1) is 0 Å². The molecule has 0 aliphatic carbocycles. The van der Waals surface area contributed by atoms with Crippen molar-refractivity contribution in [1.29, 1.82) is 0 Å². The number of hydrogen-bond acceptors (Lipinski definition) is 6. The first kappa shape index (κ1) is 30.1. The lowest BCUT2D eigenvalue weighted by atomic mass is 9.86. The third-order valence-corrected chi connectivity index (χ3v) is 6.58. The number of amides is 5. The minimum Gasteiger partial charge on any atom is -0.339 e. The van der Waals surface area contributed by atoms with Crippen LogP contribution in [0.3, 0.4) is 0 Å². The zero-order valence-corrected chi connectivity index (χ0v) is 23.7. The molecule has 0 aromatic carbocycles. The average molecular weight is 516 g/mol. The molecule has 9 nitrogen and oxygen atoms in total. The van der Waals surface area contributed by atoms with E-state index in [0.717, 1.165) is 9.80 Å². The van der Waals surface area contributed by atoms with Crippen molar-refractivity contribution in [2.45, 2.75) is 75.2 Å². The Labute approximate surface area is 219 Å². The summed E-state index contributed by atoms with van der Waals surface area (Å²) >= 11 is 0. The summed E-state index contributed by atoms with van der Waals surface area (Å²) in [6.45, 7) is 16.4. The number of imide groups is 2. The average Bonchev–Trinajstić information content (AvgIpc) is 3.20. The number of Topliss-reactive ketones (excluding diaryl/α,β-unsaturated/α-hetero) is 1. The van der Waals surface area contributed by atoms with Gasteiger partial charge in [0.15, 0.2) is 0 Å². The lowest BCUT2D eigenvalue weighted by Crippen LogP contribution is -2.46. The normalized spacial score (nSPS) is 17.0. The van der Waals surface area contributed by atoms with E-state index >= 15 is 0 Å². The molecule has 0 fully saturated rings. The first-order valence-corrected chi connectivity index (χ1v) is 12.7. The Balaban J connectivity index is 2.14. The van der Waals surface area contributed by atoms with Crippen LogP contribution in [0.1, 0.15) is 75.2 Å². The Morgan fingerprint density at radius 1 is 0.676 bits per heavy atom. The van der Waals surface area contributed by atoms with Crippen molar-refractivity contribution in [2.24, 2.45) is 16.2 Å². The predicted molar refractivity (Wildman–Crippen MR) is 139 cm³/mol. The van der Waals surface area contributed by atoms with E-state index in [0.29, 0.717) is 11.1 Å². The summed E-state index contributed by atoms with van der Waals surface area (Å²) in [7, 11) is 0. The molecule has 0 unspecified atom stereocenters. The Morgan fingerprint density at radius 3 is 1.35 bits per heavy atom. The molecule has 2 heterocycles. The fourth-order valence-corrected chi connectivity index (χ4v) is 4.07. The van der Waals surface area contributed by atoms with Gasteiger partial charge in [0.05, 0.1) is 0 Å². The monoisotopic (exact) mass is 515 g/mol. The highest BCUT2D eigenvalue weighted by molar-refractivity contribution is 6.17. The van der Waals surface area contributed by atoms with Crippen LogP contribution in [-0.2, 0) is 28.8 Å². The third-order valence-electron chi connectivity index (χ3n) is 6.58. The molecule has 204 valence electrons. The van der Waals surface area contributed by atoms with Gasteiger partial charge >= 0.3 is 0 Å². The summed E-state index contributed by atoms with van der Waals surface area (Å²) < 4.78 is 0. The molecule has 2 rings (SSSR count).